The molecular weight excluding hydrogens is 331 g/mol. The van der Waals surface area contributed by atoms with Crippen LogP contribution >= 0.6 is 0 Å². The van der Waals surface area contributed by atoms with Crippen molar-refractivity contribution < 1.29 is 13.9 Å². The van der Waals surface area contributed by atoms with Crippen molar-refractivity contribution in [3.05, 3.63) is 65.0 Å². The molecule has 0 aliphatic carbocycles. The van der Waals surface area contributed by atoms with Crippen LogP contribution in [0.25, 0.3) is 0 Å². The summed E-state index contributed by atoms with van der Waals surface area (Å²) in [5, 5.41) is 0. The normalized spacial score (nSPS) is 15.1. The average molecular weight is 356 g/mol. The van der Waals surface area contributed by atoms with E-state index in [-0.39, 0.29) is 11.7 Å². The van der Waals surface area contributed by atoms with Crippen molar-refractivity contribution in [1.82, 2.24) is 9.80 Å². The average Bonchev–Trinajstić information content (AvgIpc) is 2.64. The van der Waals surface area contributed by atoms with Gasteiger partial charge in [0.25, 0.3) is 0 Å². The maximum absolute atomic E-state index is 13.0. The van der Waals surface area contributed by atoms with E-state index in [0.717, 1.165) is 49.6 Å². The number of amides is 1. The monoisotopic (exact) mass is 356 g/mol. The Hall–Kier alpha value is -2.40. The number of hydrogen-bond donors (Lipinski definition) is 0. The number of methoxy groups -OCH3 is 1. The van der Waals surface area contributed by atoms with Crippen LogP contribution in [0, 0.1) is 12.7 Å². The molecule has 1 amide bonds. The Morgan fingerprint density at radius 3 is 2.31 bits per heavy atom. The molecule has 1 saturated heterocycles. The third-order valence-corrected chi connectivity index (χ3v) is 4.86. The van der Waals surface area contributed by atoms with Gasteiger partial charge in [-0.25, -0.2) is 4.39 Å². The number of ether oxygens (including phenoxy) is 1. The molecule has 0 spiro atoms. The molecule has 3 rings (SSSR count). The zero-order valence-electron chi connectivity index (χ0n) is 15.4. The summed E-state index contributed by atoms with van der Waals surface area (Å²) in [4.78, 5) is 16.7. The minimum Gasteiger partial charge on any atom is -0.496 e. The van der Waals surface area contributed by atoms with Gasteiger partial charge < -0.3 is 9.64 Å². The molecule has 1 fully saturated rings. The fourth-order valence-electron chi connectivity index (χ4n) is 3.34. The second-order valence-electron chi connectivity index (χ2n) is 6.76. The minimum atomic E-state index is -0.274. The highest BCUT2D eigenvalue weighted by atomic mass is 19.1. The highest BCUT2D eigenvalue weighted by Gasteiger charge is 2.21. The Morgan fingerprint density at radius 1 is 1.04 bits per heavy atom. The van der Waals surface area contributed by atoms with Crippen LogP contribution in [0.3, 0.4) is 0 Å². The van der Waals surface area contributed by atoms with Gasteiger partial charge in [0.2, 0.25) is 5.91 Å². The minimum absolute atomic E-state index is 0.108. The van der Waals surface area contributed by atoms with E-state index in [2.05, 4.69) is 17.0 Å². The van der Waals surface area contributed by atoms with Crippen molar-refractivity contribution in [3.8, 4) is 5.75 Å². The molecule has 0 aromatic heterocycles. The topological polar surface area (TPSA) is 32.8 Å². The van der Waals surface area contributed by atoms with E-state index < -0.39 is 0 Å². The summed E-state index contributed by atoms with van der Waals surface area (Å²) < 4.78 is 18.3. The Bertz CT molecular complexity index is 753. The molecule has 138 valence electrons. The van der Waals surface area contributed by atoms with Gasteiger partial charge in [0.05, 0.1) is 13.5 Å². The van der Waals surface area contributed by atoms with E-state index >= 15 is 0 Å². The lowest BCUT2D eigenvalue weighted by Gasteiger charge is -2.35. The summed E-state index contributed by atoms with van der Waals surface area (Å²) >= 11 is 0. The van der Waals surface area contributed by atoms with Crippen molar-refractivity contribution in [3.63, 3.8) is 0 Å². The molecule has 4 nitrogen and oxygen atoms in total. The highest BCUT2D eigenvalue weighted by molar-refractivity contribution is 5.78. The lowest BCUT2D eigenvalue weighted by atomic mass is 10.1. The molecule has 2 aromatic rings. The van der Waals surface area contributed by atoms with E-state index in [1.54, 1.807) is 19.2 Å². The largest absolute Gasteiger partial charge is 0.496 e. The molecule has 0 N–H and O–H groups in total. The fourth-order valence-corrected chi connectivity index (χ4v) is 3.34. The first kappa shape index (κ1) is 18.4. The maximum atomic E-state index is 13.0. The number of halogens is 1. The Labute approximate surface area is 154 Å². The van der Waals surface area contributed by atoms with Crippen LogP contribution in [0.15, 0.2) is 42.5 Å². The molecule has 0 radical (unpaired) electrons. The van der Waals surface area contributed by atoms with Gasteiger partial charge in [0.1, 0.15) is 11.6 Å². The Kier molecular flexibility index (Phi) is 5.89. The fraction of sp³-hybridized carbons (Fsp3) is 0.381. The van der Waals surface area contributed by atoms with Crippen molar-refractivity contribution in [2.75, 3.05) is 33.3 Å². The molecule has 1 aliphatic heterocycles. The Morgan fingerprint density at radius 2 is 1.69 bits per heavy atom. The molecule has 26 heavy (non-hydrogen) atoms. The summed E-state index contributed by atoms with van der Waals surface area (Å²) in [6, 6.07) is 12.4. The van der Waals surface area contributed by atoms with Crippen molar-refractivity contribution >= 4 is 5.91 Å². The second kappa shape index (κ2) is 8.32. The summed E-state index contributed by atoms with van der Waals surface area (Å²) in [6.45, 7) is 6.12. The summed E-state index contributed by atoms with van der Waals surface area (Å²) in [5.74, 6) is 0.741. The number of piperazine rings is 1. The van der Waals surface area contributed by atoms with Crippen LogP contribution in [-0.4, -0.2) is 49.0 Å². The molecular formula is C21H25FN2O2. The van der Waals surface area contributed by atoms with Crippen LogP contribution in [0.4, 0.5) is 4.39 Å². The molecule has 0 unspecified atom stereocenters. The van der Waals surface area contributed by atoms with Gasteiger partial charge >= 0.3 is 0 Å². The zero-order valence-corrected chi connectivity index (χ0v) is 15.4. The van der Waals surface area contributed by atoms with Gasteiger partial charge in [-0.2, -0.15) is 0 Å². The molecule has 1 heterocycles. The van der Waals surface area contributed by atoms with Gasteiger partial charge in [-0.15, -0.1) is 0 Å². The number of hydrogen-bond acceptors (Lipinski definition) is 3. The number of rotatable bonds is 5. The van der Waals surface area contributed by atoms with Gasteiger partial charge in [0.15, 0.2) is 0 Å². The highest BCUT2D eigenvalue weighted by Crippen LogP contribution is 2.20. The lowest BCUT2D eigenvalue weighted by Crippen LogP contribution is -2.48. The standard InChI is InChI=1S/C21H25FN2O2/c1-16-13-18(5-8-20(16)26-2)15-23-9-11-24(12-10-23)21(25)14-17-3-6-19(22)7-4-17/h3-8,13H,9-12,14-15H2,1-2H3. The zero-order chi connectivity index (χ0) is 18.5. The van der Waals surface area contributed by atoms with E-state index in [9.17, 15) is 9.18 Å². The molecule has 2 aromatic carbocycles. The lowest BCUT2D eigenvalue weighted by molar-refractivity contribution is -0.132. The predicted molar refractivity (Wildman–Crippen MR) is 99.7 cm³/mol. The van der Waals surface area contributed by atoms with E-state index in [1.807, 2.05) is 17.9 Å². The quantitative estimate of drug-likeness (QED) is 0.826. The summed E-state index contributed by atoms with van der Waals surface area (Å²) in [5.41, 5.74) is 3.25. The van der Waals surface area contributed by atoms with Crippen LogP contribution in [0.5, 0.6) is 5.75 Å². The van der Waals surface area contributed by atoms with Crippen molar-refractivity contribution in [2.45, 2.75) is 19.9 Å². The summed E-state index contributed by atoms with van der Waals surface area (Å²) in [6.07, 6.45) is 0.331. The molecule has 0 atom stereocenters. The third-order valence-electron chi connectivity index (χ3n) is 4.86. The summed E-state index contributed by atoms with van der Waals surface area (Å²) in [7, 11) is 1.68. The van der Waals surface area contributed by atoms with Gasteiger partial charge in [-0.3, -0.25) is 9.69 Å². The van der Waals surface area contributed by atoms with E-state index in [4.69, 9.17) is 4.74 Å². The van der Waals surface area contributed by atoms with Crippen molar-refractivity contribution in [2.24, 2.45) is 0 Å². The number of carbonyl (C=O) groups excluding carboxylic acids is 1. The van der Waals surface area contributed by atoms with E-state index in [0.29, 0.717) is 6.42 Å². The number of nitrogens with zero attached hydrogens (tertiary/aromatic N) is 2. The second-order valence-corrected chi connectivity index (χ2v) is 6.76. The van der Waals surface area contributed by atoms with Gasteiger partial charge in [0, 0.05) is 32.7 Å². The van der Waals surface area contributed by atoms with E-state index in [1.165, 1.54) is 17.7 Å². The Balaban J connectivity index is 1.50. The van der Waals surface area contributed by atoms with Gasteiger partial charge in [-0.05, 0) is 41.8 Å². The first-order chi connectivity index (χ1) is 12.5. The first-order valence-electron chi connectivity index (χ1n) is 8.93. The van der Waals surface area contributed by atoms with Crippen LogP contribution in [-0.2, 0) is 17.8 Å². The first-order valence-corrected chi connectivity index (χ1v) is 8.93. The van der Waals surface area contributed by atoms with Gasteiger partial charge in [-0.1, -0.05) is 24.3 Å². The number of benzene rings is 2. The third kappa shape index (κ3) is 4.61. The molecule has 0 bridgehead atoms. The molecule has 1 aliphatic rings. The number of aryl methyl sites for hydroxylation is 1. The smallest absolute Gasteiger partial charge is 0.227 e. The SMILES string of the molecule is COc1ccc(CN2CCN(C(=O)Cc3ccc(F)cc3)CC2)cc1C. The van der Waals surface area contributed by atoms with Crippen LogP contribution in [0.1, 0.15) is 16.7 Å². The van der Waals surface area contributed by atoms with Crippen molar-refractivity contribution in [1.29, 1.82) is 0 Å². The molecule has 0 saturated carbocycles. The van der Waals surface area contributed by atoms with Crippen LogP contribution < -0.4 is 4.74 Å². The number of carbonyl (C=O) groups is 1. The predicted octanol–water partition coefficient (Wildman–Crippen LogP) is 3.03. The maximum Gasteiger partial charge on any atom is 0.227 e. The van der Waals surface area contributed by atoms with Crippen LogP contribution in [0.2, 0.25) is 0 Å². The molecule has 5 heteroatoms.